The van der Waals surface area contributed by atoms with Gasteiger partial charge in [-0.1, -0.05) is 6.08 Å². The summed E-state index contributed by atoms with van der Waals surface area (Å²) in [6, 6.07) is 6.65. The molecule has 2 nitrogen and oxygen atoms in total. The molecule has 1 fully saturated rings. The first-order chi connectivity index (χ1) is 8.25. The van der Waals surface area contributed by atoms with Gasteiger partial charge >= 0.3 is 0 Å². The van der Waals surface area contributed by atoms with E-state index >= 15 is 0 Å². The summed E-state index contributed by atoms with van der Waals surface area (Å²) in [5.74, 6) is 0.469. The predicted molar refractivity (Wildman–Crippen MR) is 66.7 cm³/mol. The summed E-state index contributed by atoms with van der Waals surface area (Å²) >= 11 is 0. The predicted octanol–water partition coefficient (Wildman–Crippen LogP) is 2.85. The van der Waals surface area contributed by atoms with E-state index in [0.29, 0.717) is 18.4 Å². The maximum Gasteiger partial charge on any atom is 0.123 e. The number of nitrogens with zero attached hydrogens (tertiary/aromatic N) is 1. The molecule has 0 aliphatic carbocycles. The van der Waals surface area contributed by atoms with E-state index in [1.807, 2.05) is 6.08 Å². The quantitative estimate of drug-likeness (QED) is 0.744. The highest BCUT2D eigenvalue weighted by molar-refractivity contribution is 5.22. The molecule has 3 heteroatoms. The normalized spacial score (nSPS) is 21.2. The molecule has 0 aromatic heterocycles. The molecule has 1 unspecified atom stereocenters. The second-order valence-corrected chi connectivity index (χ2v) is 4.38. The molecule has 1 saturated heterocycles. The van der Waals surface area contributed by atoms with E-state index in [9.17, 15) is 4.39 Å². The fourth-order valence-electron chi connectivity index (χ4n) is 2.07. The van der Waals surface area contributed by atoms with E-state index in [4.69, 9.17) is 4.74 Å². The molecule has 0 amide bonds. The average Bonchev–Trinajstić information content (AvgIpc) is 2.73. The van der Waals surface area contributed by atoms with Crippen LogP contribution in [0.15, 0.2) is 36.4 Å². The van der Waals surface area contributed by atoms with Crippen LogP contribution >= 0.6 is 0 Å². The molecule has 1 aliphatic heterocycles. The lowest BCUT2D eigenvalue weighted by atomic mass is 10.2. The molecule has 92 valence electrons. The molecule has 1 aromatic carbocycles. The lowest BCUT2D eigenvalue weighted by Gasteiger charge is -2.14. The van der Waals surface area contributed by atoms with Crippen molar-refractivity contribution in [1.29, 1.82) is 0 Å². The largest absolute Gasteiger partial charge is 0.490 e. The summed E-state index contributed by atoms with van der Waals surface area (Å²) in [5, 5.41) is 0. The highest BCUT2D eigenvalue weighted by Gasteiger charge is 2.17. The van der Waals surface area contributed by atoms with Crippen molar-refractivity contribution in [1.82, 2.24) is 4.90 Å². The molecule has 0 N–H and O–H groups in total. The Morgan fingerprint density at radius 3 is 2.82 bits per heavy atom. The van der Waals surface area contributed by atoms with Crippen LogP contribution < -0.4 is 4.74 Å². The van der Waals surface area contributed by atoms with Gasteiger partial charge in [0.2, 0.25) is 0 Å². The molecule has 1 heterocycles. The zero-order valence-electron chi connectivity index (χ0n) is 10.1. The number of halogens is 1. The number of hydrogen-bond acceptors (Lipinski definition) is 2. The molecule has 0 spiro atoms. The van der Waals surface area contributed by atoms with Crippen LogP contribution in [0.5, 0.6) is 5.75 Å². The fraction of sp³-hybridized carbons (Fsp3) is 0.429. The summed E-state index contributed by atoms with van der Waals surface area (Å²) in [4.78, 5) is 2.34. The van der Waals surface area contributed by atoms with Crippen LogP contribution in [0.1, 0.15) is 12.8 Å². The fourth-order valence-corrected chi connectivity index (χ4v) is 2.07. The third kappa shape index (κ3) is 3.56. The van der Waals surface area contributed by atoms with Crippen LogP contribution in [0, 0.1) is 5.82 Å². The van der Waals surface area contributed by atoms with Gasteiger partial charge in [-0.2, -0.15) is 0 Å². The summed E-state index contributed by atoms with van der Waals surface area (Å²) in [5.41, 5.74) is 0. The third-order valence-corrected chi connectivity index (χ3v) is 3.09. The number of rotatable bonds is 4. The van der Waals surface area contributed by atoms with Crippen LogP contribution in [0.25, 0.3) is 0 Å². The Hall–Kier alpha value is -1.35. The first-order valence-corrected chi connectivity index (χ1v) is 6.01. The van der Waals surface area contributed by atoms with E-state index < -0.39 is 0 Å². The zero-order valence-corrected chi connectivity index (χ0v) is 10.1. The van der Waals surface area contributed by atoms with Crippen LogP contribution in [-0.4, -0.2) is 31.1 Å². The van der Waals surface area contributed by atoms with E-state index in [0.717, 1.165) is 0 Å². The smallest absolute Gasteiger partial charge is 0.123 e. The lowest BCUT2D eigenvalue weighted by Crippen LogP contribution is -2.22. The van der Waals surface area contributed by atoms with E-state index in [2.05, 4.69) is 18.0 Å². The molecule has 1 aliphatic rings. The monoisotopic (exact) mass is 235 g/mol. The van der Waals surface area contributed by atoms with Gasteiger partial charge in [0.05, 0.1) is 0 Å². The van der Waals surface area contributed by atoms with Crippen LogP contribution in [0.2, 0.25) is 0 Å². The first kappa shape index (κ1) is 12.1. The lowest BCUT2D eigenvalue weighted by molar-refractivity contribution is 0.346. The molecule has 0 saturated carbocycles. The standard InChI is InChI=1S/C14H18FNO/c1-16-10-2-4-13(16)5-3-11-17-14-8-6-12(15)7-9-14/h3,5-9,13H,2,4,10-11H2,1H3. The summed E-state index contributed by atoms with van der Waals surface area (Å²) in [7, 11) is 2.14. The van der Waals surface area contributed by atoms with Crippen molar-refractivity contribution in [3.63, 3.8) is 0 Å². The molecule has 1 atom stereocenters. The van der Waals surface area contributed by atoms with Gasteiger partial charge < -0.3 is 4.74 Å². The van der Waals surface area contributed by atoms with Crippen molar-refractivity contribution in [2.75, 3.05) is 20.2 Å². The number of likely N-dealkylation sites (tertiary alicyclic amines) is 1. The molecule has 1 aromatic rings. The molecule has 17 heavy (non-hydrogen) atoms. The highest BCUT2D eigenvalue weighted by Crippen LogP contribution is 2.16. The van der Waals surface area contributed by atoms with Gasteiger partial charge in [-0.15, -0.1) is 0 Å². The van der Waals surface area contributed by atoms with E-state index in [-0.39, 0.29) is 5.82 Å². The minimum absolute atomic E-state index is 0.236. The van der Waals surface area contributed by atoms with Gasteiger partial charge in [0.1, 0.15) is 18.2 Å². The number of benzene rings is 1. The second kappa shape index (κ2) is 5.82. The summed E-state index contributed by atoms with van der Waals surface area (Å²) in [6.07, 6.45) is 6.72. The van der Waals surface area contributed by atoms with Gasteiger partial charge in [0.25, 0.3) is 0 Å². The number of ether oxygens (including phenoxy) is 1. The van der Waals surface area contributed by atoms with Crippen molar-refractivity contribution in [2.45, 2.75) is 18.9 Å². The Morgan fingerprint density at radius 1 is 1.41 bits per heavy atom. The Bertz CT molecular complexity index is 374. The highest BCUT2D eigenvalue weighted by atomic mass is 19.1. The Balaban J connectivity index is 1.75. The van der Waals surface area contributed by atoms with Gasteiger partial charge in [-0.25, -0.2) is 4.39 Å². The Kier molecular flexibility index (Phi) is 4.15. The molecule has 0 radical (unpaired) electrons. The minimum Gasteiger partial charge on any atom is -0.490 e. The molecule has 0 bridgehead atoms. The average molecular weight is 235 g/mol. The summed E-state index contributed by atoms with van der Waals surface area (Å²) < 4.78 is 18.1. The van der Waals surface area contributed by atoms with Crippen molar-refractivity contribution >= 4 is 0 Å². The van der Waals surface area contributed by atoms with Crippen LogP contribution in [0.4, 0.5) is 4.39 Å². The van der Waals surface area contributed by atoms with Gasteiger partial charge in [-0.3, -0.25) is 4.90 Å². The number of likely N-dealkylation sites (N-methyl/N-ethyl adjacent to an activating group) is 1. The van der Waals surface area contributed by atoms with Crippen molar-refractivity contribution in [3.8, 4) is 5.75 Å². The van der Waals surface area contributed by atoms with E-state index in [1.165, 1.54) is 31.5 Å². The van der Waals surface area contributed by atoms with Gasteiger partial charge in [-0.05, 0) is 56.8 Å². The SMILES string of the molecule is CN1CCCC1C=CCOc1ccc(F)cc1. The maximum atomic E-state index is 12.6. The maximum absolute atomic E-state index is 12.6. The van der Waals surface area contributed by atoms with Crippen molar-refractivity contribution in [3.05, 3.63) is 42.2 Å². The molecular weight excluding hydrogens is 217 g/mol. The van der Waals surface area contributed by atoms with Crippen molar-refractivity contribution in [2.24, 2.45) is 0 Å². The third-order valence-electron chi connectivity index (χ3n) is 3.09. The summed E-state index contributed by atoms with van der Waals surface area (Å²) in [6.45, 7) is 1.71. The van der Waals surface area contributed by atoms with Crippen LogP contribution in [-0.2, 0) is 0 Å². The molecular formula is C14H18FNO. The van der Waals surface area contributed by atoms with Crippen molar-refractivity contribution < 1.29 is 9.13 Å². The second-order valence-electron chi connectivity index (χ2n) is 4.38. The zero-order chi connectivity index (χ0) is 12.1. The minimum atomic E-state index is -0.236. The van der Waals surface area contributed by atoms with Gasteiger partial charge in [0, 0.05) is 6.04 Å². The van der Waals surface area contributed by atoms with Crippen LogP contribution in [0.3, 0.4) is 0 Å². The topological polar surface area (TPSA) is 12.5 Å². The number of hydrogen-bond donors (Lipinski definition) is 0. The van der Waals surface area contributed by atoms with E-state index in [1.54, 1.807) is 12.1 Å². The Labute approximate surface area is 102 Å². The first-order valence-electron chi connectivity index (χ1n) is 6.01. The Morgan fingerprint density at radius 2 is 2.18 bits per heavy atom. The van der Waals surface area contributed by atoms with Gasteiger partial charge in [0.15, 0.2) is 0 Å². The molecule has 2 rings (SSSR count).